The summed E-state index contributed by atoms with van der Waals surface area (Å²) in [7, 11) is 1.37. The monoisotopic (exact) mass is 312 g/mol. The summed E-state index contributed by atoms with van der Waals surface area (Å²) < 4.78 is 45.7. The van der Waals surface area contributed by atoms with Crippen LogP contribution in [0.4, 0.5) is 13.2 Å². The maximum atomic E-state index is 12.4. The molecule has 1 amide bonds. The van der Waals surface area contributed by atoms with Crippen molar-refractivity contribution in [3.05, 3.63) is 16.6 Å². The Kier molecular flexibility index (Phi) is 5.90. The smallest absolute Gasteiger partial charge is 0.383 e. The number of ether oxygens (including phenoxy) is 1. The Morgan fingerprint density at radius 1 is 1.60 bits per heavy atom. The summed E-state index contributed by atoms with van der Waals surface area (Å²) in [6.45, 7) is 0.902. The Balaban J connectivity index is 2.80. The quantitative estimate of drug-likeness (QED) is 0.864. The van der Waals surface area contributed by atoms with Gasteiger partial charge < -0.3 is 14.7 Å². The van der Waals surface area contributed by atoms with Gasteiger partial charge in [0.1, 0.15) is 5.69 Å². The number of aliphatic hydroxyl groups excluding tert-OH is 1. The van der Waals surface area contributed by atoms with Gasteiger partial charge in [-0.3, -0.25) is 4.79 Å². The van der Waals surface area contributed by atoms with Crippen molar-refractivity contribution in [1.82, 2.24) is 9.27 Å². The number of halogens is 3. The molecule has 1 aromatic rings. The molecule has 0 aliphatic heterocycles. The molecule has 1 aromatic heterocycles. The molecule has 0 bridgehead atoms. The van der Waals surface area contributed by atoms with Crippen LogP contribution in [0.1, 0.15) is 15.4 Å². The van der Waals surface area contributed by atoms with Gasteiger partial charge in [0.2, 0.25) is 0 Å². The van der Waals surface area contributed by atoms with Crippen LogP contribution in [-0.4, -0.2) is 59.4 Å². The number of methoxy groups -OCH3 is 1. The maximum absolute atomic E-state index is 12.4. The Hall–Kier alpha value is -1.19. The largest absolute Gasteiger partial charge is 0.416 e. The molecule has 0 saturated heterocycles. The number of amides is 1. The highest BCUT2D eigenvalue weighted by atomic mass is 32.1. The summed E-state index contributed by atoms with van der Waals surface area (Å²) >= 11 is 1.08. The van der Waals surface area contributed by atoms with Crippen LogP contribution >= 0.6 is 11.5 Å². The summed E-state index contributed by atoms with van der Waals surface area (Å²) in [5.74, 6) is -0.658. The molecular formula is C11H15F3N2O3S. The molecule has 0 spiro atoms. The Morgan fingerprint density at radius 2 is 2.25 bits per heavy atom. The van der Waals surface area contributed by atoms with Crippen molar-refractivity contribution >= 4 is 17.4 Å². The van der Waals surface area contributed by atoms with Crippen LogP contribution in [0.3, 0.4) is 0 Å². The number of nitrogens with zero attached hydrogens (tertiary/aromatic N) is 2. The van der Waals surface area contributed by atoms with E-state index in [0.29, 0.717) is 0 Å². The lowest BCUT2D eigenvalue weighted by Crippen LogP contribution is -2.45. The van der Waals surface area contributed by atoms with E-state index in [2.05, 4.69) is 4.37 Å². The summed E-state index contributed by atoms with van der Waals surface area (Å²) in [4.78, 5) is 13.7. The van der Waals surface area contributed by atoms with E-state index >= 15 is 0 Å². The molecule has 1 rings (SSSR count). The van der Waals surface area contributed by atoms with E-state index in [0.717, 1.165) is 21.3 Å². The number of aliphatic hydroxyl groups is 1. The summed E-state index contributed by atoms with van der Waals surface area (Å²) in [5.41, 5.74) is 0.0676. The minimum absolute atomic E-state index is 0.0565. The van der Waals surface area contributed by atoms with Gasteiger partial charge in [-0.15, -0.1) is 0 Å². The number of aromatic nitrogens is 1. The van der Waals surface area contributed by atoms with Gasteiger partial charge in [0, 0.05) is 18.5 Å². The number of aryl methyl sites for hydroxylation is 1. The van der Waals surface area contributed by atoms with E-state index < -0.39 is 24.7 Å². The second kappa shape index (κ2) is 7.00. The van der Waals surface area contributed by atoms with Crippen LogP contribution in [0.25, 0.3) is 0 Å². The zero-order valence-electron chi connectivity index (χ0n) is 11.0. The van der Waals surface area contributed by atoms with Crippen LogP contribution in [0.5, 0.6) is 0 Å². The molecule has 0 fully saturated rings. The van der Waals surface area contributed by atoms with Gasteiger partial charge in [-0.1, -0.05) is 0 Å². The number of hydrogen-bond donors (Lipinski definition) is 1. The fourth-order valence-electron chi connectivity index (χ4n) is 1.42. The average molecular weight is 312 g/mol. The Labute approximate surface area is 118 Å². The van der Waals surface area contributed by atoms with E-state index in [1.807, 2.05) is 0 Å². The Morgan fingerprint density at radius 3 is 2.70 bits per heavy atom. The lowest BCUT2D eigenvalue weighted by atomic mass is 10.2. The minimum Gasteiger partial charge on any atom is -0.383 e. The molecule has 5 nitrogen and oxygen atoms in total. The fraction of sp³-hybridized carbons (Fsp3) is 0.636. The first-order valence-corrected chi connectivity index (χ1v) is 6.49. The van der Waals surface area contributed by atoms with E-state index in [-0.39, 0.29) is 18.8 Å². The Bertz CT molecular complexity index is 450. The van der Waals surface area contributed by atoms with E-state index in [9.17, 15) is 18.0 Å². The van der Waals surface area contributed by atoms with Gasteiger partial charge in [-0.05, 0) is 24.5 Å². The van der Waals surface area contributed by atoms with Crippen LogP contribution in [0.2, 0.25) is 0 Å². The molecule has 1 atom stereocenters. The average Bonchev–Trinajstić information content (AvgIpc) is 2.78. The molecule has 0 saturated carbocycles. The molecular weight excluding hydrogens is 297 g/mol. The maximum Gasteiger partial charge on any atom is 0.416 e. The van der Waals surface area contributed by atoms with Gasteiger partial charge in [-0.25, -0.2) is 0 Å². The SMILES string of the molecule is COCCN(CC(O)C(F)(F)F)C(=O)c1cc(C)sn1. The molecule has 1 unspecified atom stereocenters. The zero-order chi connectivity index (χ0) is 15.3. The number of hydrogen-bond acceptors (Lipinski definition) is 5. The third-order valence-corrected chi connectivity index (χ3v) is 3.16. The molecule has 1 N–H and O–H groups in total. The van der Waals surface area contributed by atoms with Gasteiger partial charge in [0.25, 0.3) is 5.91 Å². The molecule has 0 aliphatic carbocycles. The standard InChI is InChI=1S/C11H15F3N2O3S/c1-7-5-8(15-20-7)10(18)16(3-4-19-2)6-9(17)11(12,13)14/h5,9,17H,3-4,6H2,1-2H3. The first-order chi connectivity index (χ1) is 9.25. The molecule has 0 aliphatic rings. The fourth-order valence-corrected chi connectivity index (χ4v) is 1.96. The van der Waals surface area contributed by atoms with Crippen molar-refractivity contribution in [2.24, 2.45) is 0 Å². The summed E-state index contributed by atoms with van der Waals surface area (Å²) in [6, 6.07) is 1.49. The first kappa shape index (κ1) is 16.9. The first-order valence-electron chi connectivity index (χ1n) is 5.72. The number of rotatable bonds is 6. The lowest BCUT2D eigenvalue weighted by molar-refractivity contribution is -0.206. The van der Waals surface area contributed by atoms with Gasteiger partial charge in [-0.2, -0.15) is 17.5 Å². The van der Waals surface area contributed by atoms with Crippen LogP contribution < -0.4 is 0 Å². The highest BCUT2D eigenvalue weighted by Gasteiger charge is 2.40. The van der Waals surface area contributed by atoms with Crippen LogP contribution in [-0.2, 0) is 4.74 Å². The topological polar surface area (TPSA) is 62.7 Å². The third kappa shape index (κ3) is 4.73. The highest BCUT2D eigenvalue weighted by molar-refractivity contribution is 7.05. The predicted octanol–water partition coefficient (Wildman–Crippen LogP) is 1.46. The molecule has 0 radical (unpaired) electrons. The van der Waals surface area contributed by atoms with Gasteiger partial charge in [0.15, 0.2) is 6.10 Å². The molecule has 0 aromatic carbocycles. The summed E-state index contributed by atoms with van der Waals surface area (Å²) in [6.07, 6.45) is -7.37. The van der Waals surface area contributed by atoms with Crippen molar-refractivity contribution in [3.8, 4) is 0 Å². The van der Waals surface area contributed by atoms with Gasteiger partial charge >= 0.3 is 6.18 Å². The second-order valence-electron chi connectivity index (χ2n) is 4.12. The normalized spacial score (nSPS) is 13.3. The van der Waals surface area contributed by atoms with Crippen molar-refractivity contribution < 1.29 is 27.8 Å². The van der Waals surface area contributed by atoms with Crippen molar-refractivity contribution in [3.63, 3.8) is 0 Å². The van der Waals surface area contributed by atoms with Crippen molar-refractivity contribution in [2.45, 2.75) is 19.2 Å². The zero-order valence-corrected chi connectivity index (χ0v) is 11.8. The molecule has 9 heteroatoms. The van der Waals surface area contributed by atoms with E-state index in [4.69, 9.17) is 9.84 Å². The molecule has 20 heavy (non-hydrogen) atoms. The second-order valence-corrected chi connectivity index (χ2v) is 5.13. The third-order valence-electron chi connectivity index (χ3n) is 2.47. The highest BCUT2D eigenvalue weighted by Crippen LogP contribution is 2.21. The molecule has 114 valence electrons. The minimum atomic E-state index is -4.77. The van der Waals surface area contributed by atoms with Crippen molar-refractivity contribution in [2.75, 3.05) is 26.8 Å². The summed E-state index contributed by atoms with van der Waals surface area (Å²) in [5, 5.41) is 9.08. The lowest BCUT2D eigenvalue weighted by Gasteiger charge is -2.25. The number of carbonyl (C=O) groups excluding carboxylic acids is 1. The van der Waals surface area contributed by atoms with Crippen molar-refractivity contribution in [1.29, 1.82) is 0 Å². The predicted molar refractivity (Wildman–Crippen MR) is 66.7 cm³/mol. The van der Waals surface area contributed by atoms with E-state index in [1.165, 1.54) is 13.2 Å². The van der Waals surface area contributed by atoms with E-state index in [1.54, 1.807) is 6.92 Å². The molecule has 1 heterocycles. The van der Waals surface area contributed by atoms with Crippen LogP contribution in [0, 0.1) is 6.92 Å². The van der Waals surface area contributed by atoms with Gasteiger partial charge in [0.05, 0.1) is 13.2 Å². The number of alkyl halides is 3. The number of carbonyl (C=O) groups is 1. The van der Waals surface area contributed by atoms with Crippen LogP contribution in [0.15, 0.2) is 6.07 Å².